The molecular weight excluding hydrogens is 736 g/mol. The number of fused-ring (bicyclic) bond motifs is 3. The molecule has 0 radical (unpaired) electrons. The average molecular weight is 791 g/mol. The molecule has 0 saturated heterocycles. The number of ether oxygens (including phenoxy) is 3. The number of hydrogen-bond acceptors (Lipinski definition) is 8. The lowest BCUT2D eigenvalue weighted by Gasteiger charge is -2.59. The fourth-order valence-electron chi connectivity index (χ4n) is 9.40. The maximum absolute atomic E-state index is 14.7. The summed E-state index contributed by atoms with van der Waals surface area (Å²) in [4.78, 5) is 22.3. The molecule has 1 aliphatic heterocycles. The number of oxime groups is 1. The summed E-state index contributed by atoms with van der Waals surface area (Å²) < 4.78 is 35.2. The molecule has 4 aromatic carbocycles. The van der Waals surface area contributed by atoms with Crippen LogP contribution in [0.25, 0.3) is 10.8 Å². The van der Waals surface area contributed by atoms with E-state index in [-0.39, 0.29) is 55.9 Å². The molecule has 6 unspecified atom stereocenters. The Morgan fingerprint density at radius 3 is 2.50 bits per heavy atom. The molecule has 2 N–H and O–H groups in total. The molecule has 10 heteroatoms. The topological polar surface area (TPSA) is 110 Å². The highest BCUT2D eigenvalue weighted by molar-refractivity contribution is 6.04. The minimum Gasteiger partial charge on any atom is -0.489 e. The van der Waals surface area contributed by atoms with Crippen LogP contribution in [0.3, 0.4) is 0 Å². The third-order valence-corrected chi connectivity index (χ3v) is 12.1. The fraction of sp³-hybridized carbons (Fsp3) is 0.417. The second-order valence-corrected chi connectivity index (χ2v) is 15.5. The van der Waals surface area contributed by atoms with Crippen molar-refractivity contribution >= 4 is 22.4 Å². The third-order valence-electron chi connectivity index (χ3n) is 12.1. The summed E-state index contributed by atoms with van der Waals surface area (Å²) in [5, 5.41) is 26.5. The Morgan fingerprint density at radius 1 is 0.983 bits per heavy atom. The number of benzene rings is 4. The van der Waals surface area contributed by atoms with Gasteiger partial charge in [0.1, 0.15) is 36.6 Å². The largest absolute Gasteiger partial charge is 0.489 e. The summed E-state index contributed by atoms with van der Waals surface area (Å²) in [7, 11) is 1.81. The number of halogens is 1. The zero-order valence-electron chi connectivity index (χ0n) is 33.5. The van der Waals surface area contributed by atoms with Crippen molar-refractivity contribution in [3.8, 4) is 11.5 Å². The van der Waals surface area contributed by atoms with E-state index in [1.54, 1.807) is 36.2 Å². The van der Waals surface area contributed by atoms with Gasteiger partial charge in [-0.3, -0.25) is 4.79 Å². The molecule has 6 atom stereocenters. The fourth-order valence-corrected chi connectivity index (χ4v) is 9.40. The van der Waals surface area contributed by atoms with E-state index in [4.69, 9.17) is 24.2 Å². The van der Waals surface area contributed by atoms with Gasteiger partial charge in [0.05, 0.1) is 18.2 Å². The zero-order chi connectivity index (χ0) is 40.6. The number of aliphatic hydroxyl groups is 2. The van der Waals surface area contributed by atoms with Crippen LogP contribution < -0.4 is 9.47 Å². The van der Waals surface area contributed by atoms with Crippen LogP contribution in [0, 0.1) is 23.6 Å². The number of aliphatic hydroxyl groups excluding tert-OH is 2. The number of allylic oxidation sites excluding steroid dienone is 1. The summed E-state index contributed by atoms with van der Waals surface area (Å²) in [6.45, 7) is 6.69. The first-order chi connectivity index (χ1) is 28.3. The molecule has 3 aliphatic rings. The second-order valence-electron chi connectivity index (χ2n) is 15.5. The van der Waals surface area contributed by atoms with Gasteiger partial charge in [-0.05, 0) is 97.2 Å². The highest BCUT2D eigenvalue weighted by atomic mass is 19.1. The lowest BCUT2D eigenvalue weighted by Crippen LogP contribution is -2.69. The van der Waals surface area contributed by atoms with Crippen molar-refractivity contribution in [2.75, 3.05) is 33.5 Å². The van der Waals surface area contributed by atoms with E-state index in [9.17, 15) is 19.4 Å². The van der Waals surface area contributed by atoms with Crippen LogP contribution in [-0.2, 0) is 16.2 Å². The number of carbonyl (C=O) groups is 1. The molecule has 9 nitrogen and oxygen atoms in total. The second kappa shape index (κ2) is 18.7. The molecule has 0 spiro atoms. The first-order valence-electron chi connectivity index (χ1n) is 20.7. The van der Waals surface area contributed by atoms with Gasteiger partial charge in [0.25, 0.3) is 5.91 Å². The van der Waals surface area contributed by atoms with E-state index in [1.165, 1.54) is 6.07 Å². The van der Waals surface area contributed by atoms with Crippen molar-refractivity contribution in [2.45, 2.75) is 76.2 Å². The minimum atomic E-state index is -1.37. The molecular formula is C48H55FN2O7. The van der Waals surface area contributed by atoms with E-state index in [2.05, 4.69) is 12.7 Å². The molecule has 7 rings (SSSR count). The van der Waals surface area contributed by atoms with Gasteiger partial charge < -0.3 is 34.2 Å². The smallest absolute Gasteiger partial charge is 0.254 e. The van der Waals surface area contributed by atoms with Crippen molar-refractivity contribution in [1.29, 1.82) is 0 Å². The lowest BCUT2D eigenvalue weighted by atomic mass is 9.55. The Hall–Kier alpha value is -5.03. The van der Waals surface area contributed by atoms with Crippen molar-refractivity contribution in [3.63, 3.8) is 0 Å². The minimum absolute atomic E-state index is 0.0522. The van der Waals surface area contributed by atoms with Gasteiger partial charge >= 0.3 is 0 Å². The Morgan fingerprint density at radius 2 is 1.74 bits per heavy atom. The Bertz CT molecular complexity index is 2140. The summed E-state index contributed by atoms with van der Waals surface area (Å²) in [5.74, 6) is -1.19. The number of amides is 1. The van der Waals surface area contributed by atoms with Crippen LogP contribution in [0.4, 0.5) is 4.39 Å². The summed E-state index contributed by atoms with van der Waals surface area (Å²) in [6.07, 6.45) is 8.94. The SMILES string of the molecule is C=CCOC12Oc3ccc(OCc4ccccc4F)cc3C3C(CCCCO)C(CCCCO)C=C(C(=NOCC)CC1N(C)C(=O)c1ccc4ccccc4c1)C32. The molecule has 1 saturated carbocycles. The van der Waals surface area contributed by atoms with Crippen LogP contribution in [0.2, 0.25) is 0 Å². The monoisotopic (exact) mass is 790 g/mol. The van der Waals surface area contributed by atoms with Crippen LogP contribution in [-0.4, -0.2) is 72.0 Å². The van der Waals surface area contributed by atoms with Gasteiger partial charge in [-0.15, -0.1) is 6.58 Å². The highest BCUT2D eigenvalue weighted by Crippen LogP contribution is 2.62. The van der Waals surface area contributed by atoms with Gasteiger partial charge in [0.15, 0.2) is 0 Å². The summed E-state index contributed by atoms with van der Waals surface area (Å²) in [6, 6.07) is 25.4. The number of rotatable bonds is 18. The maximum atomic E-state index is 14.7. The van der Waals surface area contributed by atoms with E-state index in [0.717, 1.165) is 53.3 Å². The van der Waals surface area contributed by atoms with Crippen LogP contribution in [0.1, 0.15) is 79.3 Å². The van der Waals surface area contributed by atoms with Crippen LogP contribution in [0.5, 0.6) is 11.5 Å². The average Bonchev–Trinajstić information content (AvgIpc) is 3.25. The van der Waals surface area contributed by atoms with Crippen molar-refractivity contribution < 1.29 is 38.4 Å². The first kappa shape index (κ1) is 41.1. The molecule has 2 aliphatic carbocycles. The number of unbranched alkanes of at least 4 members (excludes halogenated alkanes) is 2. The molecule has 58 heavy (non-hydrogen) atoms. The molecule has 0 bridgehead atoms. The maximum Gasteiger partial charge on any atom is 0.254 e. The molecule has 1 amide bonds. The predicted molar refractivity (Wildman–Crippen MR) is 223 cm³/mol. The van der Waals surface area contributed by atoms with Gasteiger partial charge in [0.2, 0.25) is 5.79 Å². The van der Waals surface area contributed by atoms with E-state index in [1.807, 2.05) is 67.6 Å². The van der Waals surface area contributed by atoms with Gasteiger partial charge in [-0.25, -0.2) is 4.39 Å². The molecule has 306 valence electrons. The number of hydrogen-bond donors (Lipinski definition) is 2. The van der Waals surface area contributed by atoms with Crippen molar-refractivity contribution in [2.24, 2.45) is 22.9 Å². The first-order valence-corrected chi connectivity index (χ1v) is 20.7. The Balaban J connectivity index is 1.40. The Kier molecular flexibility index (Phi) is 13.3. The van der Waals surface area contributed by atoms with E-state index < -0.39 is 17.7 Å². The van der Waals surface area contributed by atoms with Gasteiger partial charge in [0, 0.05) is 49.3 Å². The van der Waals surface area contributed by atoms with Crippen LogP contribution in [0.15, 0.2) is 114 Å². The summed E-state index contributed by atoms with van der Waals surface area (Å²) >= 11 is 0. The third kappa shape index (κ3) is 8.28. The summed E-state index contributed by atoms with van der Waals surface area (Å²) in [5.41, 5.74) is 3.62. The molecule has 1 heterocycles. The van der Waals surface area contributed by atoms with Crippen molar-refractivity contribution in [3.05, 3.63) is 132 Å². The lowest BCUT2D eigenvalue weighted by molar-refractivity contribution is -0.252. The molecule has 0 aromatic heterocycles. The number of nitrogens with zero attached hydrogens (tertiary/aromatic N) is 2. The van der Waals surface area contributed by atoms with Gasteiger partial charge in [-0.2, -0.15) is 0 Å². The normalized spacial score (nSPS) is 24.0. The van der Waals surface area contributed by atoms with E-state index >= 15 is 0 Å². The Labute approximate surface area is 340 Å². The predicted octanol–water partition coefficient (Wildman–Crippen LogP) is 8.98. The zero-order valence-corrected chi connectivity index (χ0v) is 33.5. The number of carbonyl (C=O) groups excluding carboxylic acids is 1. The standard InChI is InChI=1S/C48H55FN2O7/c1-4-26-56-48-44(51(3)47(54)35-21-20-32-14-6-7-15-33(32)27-35)30-42(50-57-5-2)39-28-34(16-10-12-24-52)38(18-11-13-25-53)45(46(39)48)40-29-37(22-23-43(40)58-48)55-31-36-17-8-9-19-41(36)49/h4,6-9,14-15,17,19-23,27-29,34,38,44-46,52-53H,1,5,10-13,16,18,24-26,30-31H2,2-3H3. The van der Waals surface area contributed by atoms with E-state index in [0.29, 0.717) is 48.5 Å². The molecule has 1 fully saturated rings. The molecule has 4 aromatic rings. The quantitative estimate of drug-likeness (QED) is 0.0589. The highest BCUT2D eigenvalue weighted by Gasteiger charge is 2.65. The number of likely N-dealkylation sites (N-methyl/N-ethyl adjacent to an activating group) is 1. The van der Waals surface area contributed by atoms with Gasteiger partial charge in [-0.1, -0.05) is 78.7 Å². The van der Waals surface area contributed by atoms with Crippen molar-refractivity contribution in [1.82, 2.24) is 4.90 Å². The van der Waals surface area contributed by atoms with Crippen LogP contribution >= 0.6 is 0 Å².